The van der Waals surface area contributed by atoms with Gasteiger partial charge in [-0.25, -0.2) is 0 Å². The van der Waals surface area contributed by atoms with E-state index in [0.717, 1.165) is 12.1 Å². The molecule has 2 unspecified atom stereocenters. The first-order chi connectivity index (χ1) is 8.75. The Bertz CT molecular complexity index is 387. The Balaban J connectivity index is 2.84. The van der Waals surface area contributed by atoms with Gasteiger partial charge < -0.3 is 10.4 Å². The Hall–Kier alpha value is -1.07. The Labute approximate surface area is 111 Å². The SMILES string of the molecule is CCC(NC(C)C)C(O)c1ccc(C(F)(F)F)cc1. The van der Waals surface area contributed by atoms with Gasteiger partial charge in [0, 0.05) is 12.1 Å². The van der Waals surface area contributed by atoms with Crippen molar-refractivity contribution < 1.29 is 18.3 Å². The second-order valence-corrected chi connectivity index (χ2v) is 4.90. The van der Waals surface area contributed by atoms with Crippen molar-refractivity contribution in [3.63, 3.8) is 0 Å². The maximum Gasteiger partial charge on any atom is 0.416 e. The highest BCUT2D eigenvalue weighted by Crippen LogP contribution is 2.30. The molecule has 2 N–H and O–H groups in total. The normalized spacial score (nSPS) is 15.6. The summed E-state index contributed by atoms with van der Waals surface area (Å²) >= 11 is 0. The van der Waals surface area contributed by atoms with Gasteiger partial charge in [-0.2, -0.15) is 13.2 Å². The van der Waals surface area contributed by atoms with Gasteiger partial charge in [0.15, 0.2) is 0 Å². The lowest BCUT2D eigenvalue weighted by Crippen LogP contribution is -2.38. The summed E-state index contributed by atoms with van der Waals surface area (Å²) < 4.78 is 37.3. The van der Waals surface area contributed by atoms with Crippen LogP contribution in [-0.4, -0.2) is 17.2 Å². The van der Waals surface area contributed by atoms with Crippen LogP contribution in [0, 0.1) is 0 Å². The van der Waals surface area contributed by atoms with Crippen LogP contribution in [0.15, 0.2) is 24.3 Å². The Kier molecular flexibility index (Phi) is 5.38. The van der Waals surface area contributed by atoms with Crippen molar-refractivity contribution in [2.45, 2.75) is 51.6 Å². The first kappa shape index (κ1) is 16.0. The summed E-state index contributed by atoms with van der Waals surface area (Å²) in [5.74, 6) is 0. The van der Waals surface area contributed by atoms with Crippen LogP contribution in [0.3, 0.4) is 0 Å². The largest absolute Gasteiger partial charge is 0.416 e. The molecule has 0 aliphatic heterocycles. The average Bonchev–Trinajstić information content (AvgIpc) is 2.34. The second kappa shape index (κ2) is 6.39. The van der Waals surface area contributed by atoms with Crippen LogP contribution < -0.4 is 5.32 Å². The third-order valence-electron chi connectivity index (χ3n) is 2.95. The molecule has 0 aliphatic carbocycles. The number of hydrogen-bond acceptors (Lipinski definition) is 2. The monoisotopic (exact) mass is 275 g/mol. The number of rotatable bonds is 5. The molecule has 5 heteroatoms. The molecule has 0 aliphatic rings. The standard InChI is InChI=1S/C14H20F3NO/c1-4-12(18-9(2)3)13(19)10-5-7-11(8-6-10)14(15,16)17/h5-9,12-13,18-19H,4H2,1-3H3. The van der Waals surface area contributed by atoms with Gasteiger partial charge in [0.05, 0.1) is 11.7 Å². The van der Waals surface area contributed by atoms with Crippen LogP contribution >= 0.6 is 0 Å². The molecule has 0 amide bonds. The minimum atomic E-state index is -4.34. The van der Waals surface area contributed by atoms with E-state index in [1.165, 1.54) is 12.1 Å². The van der Waals surface area contributed by atoms with E-state index in [9.17, 15) is 18.3 Å². The minimum Gasteiger partial charge on any atom is -0.387 e. The highest BCUT2D eigenvalue weighted by atomic mass is 19.4. The maximum atomic E-state index is 12.4. The van der Waals surface area contributed by atoms with Crippen molar-refractivity contribution >= 4 is 0 Å². The molecule has 2 atom stereocenters. The molecular weight excluding hydrogens is 255 g/mol. The van der Waals surface area contributed by atoms with Crippen molar-refractivity contribution in [1.29, 1.82) is 0 Å². The van der Waals surface area contributed by atoms with E-state index >= 15 is 0 Å². The molecule has 2 nitrogen and oxygen atoms in total. The van der Waals surface area contributed by atoms with Crippen LogP contribution in [0.2, 0.25) is 0 Å². The topological polar surface area (TPSA) is 32.3 Å². The summed E-state index contributed by atoms with van der Waals surface area (Å²) in [6.45, 7) is 5.84. The molecule has 1 aromatic carbocycles. The molecule has 19 heavy (non-hydrogen) atoms. The number of alkyl halides is 3. The zero-order chi connectivity index (χ0) is 14.6. The van der Waals surface area contributed by atoms with Gasteiger partial charge in [-0.05, 0) is 24.1 Å². The van der Waals surface area contributed by atoms with Gasteiger partial charge >= 0.3 is 6.18 Å². The van der Waals surface area contributed by atoms with Crippen LogP contribution in [0.25, 0.3) is 0 Å². The van der Waals surface area contributed by atoms with Crippen molar-refractivity contribution in [2.75, 3.05) is 0 Å². The molecule has 0 saturated heterocycles. The minimum absolute atomic E-state index is 0.170. The fourth-order valence-corrected chi connectivity index (χ4v) is 1.96. The first-order valence-electron chi connectivity index (χ1n) is 6.37. The van der Waals surface area contributed by atoms with Crippen molar-refractivity contribution in [1.82, 2.24) is 5.32 Å². The maximum absolute atomic E-state index is 12.4. The molecule has 0 aromatic heterocycles. The molecule has 0 spiro atoms. The highest BCUT2D eigenvalue weighted by Gasteiger charge is 2.30. The fraction of sp³-hybridized carbons (Fsp3) is 0.571. The van der Waals surface area contributed by atoms with Crippen LogP contribution in [0.5, 0.6) is 0 Å². The van der Waals surface area contributed by atoms with E-state index in [4.69, 9.17) is 0 Å². The number of hydrogen-bond donors (Lipinski definition) is 2. The van der Waals surface area contributed by atoms with Crippen molar-refractivity contribution in [3.8, 4) is 0 Å². The van der Waals surface area contributed by atoms with Gasteiger partial charge in [0.1, 0.15) is 0 Å². The lowest BCUT2D eigenvalue weighted by molar-refractivity contribution is -0.137. The van der Waals surface area contributed by atoms with Crippen molar-refractivity contribution in [3.05, 3.63) is 35.4 Å². The van der Waals surface area contributed by atoms with Crippen LogP contribution in [-0.2, 0) is 6.18 Å². The Morgan fingerprint density at radius 2 is 1.68 bits per heavy atom. The number of aliphatic hydroxyl groups excluding tert-OH is 1. The molecule has 108 valence electrons. The zero-order valence-corrected chi connectivity index (χ0v) is 11.3. The summed E-state index contributed by atoms with van der Waals surface area (Å²) in [5.41, 5.74) is -0.207. The predicted octanol–water partition coefficient (Wildman–Crippen LogP) is 3.52. The summed E-state index contributed by atoms with van der Waals surface area (Å²) in [7, 11) is 0. The molecule has 0 bridgehead atoms. The molecule has 0 fully saturated rings. The third kappa shape index (κ3) is 4.51. The van der Waals surface area contributed by atoms with Gasteiger partial charge in [-0.3, -0.25) is 0 Å². The van der Waals surface area contributed by atoms with Gasteiger partial charge in [0.2, 0.25) is 0 Å². The number of aliphatic hydroxyl groups is 1. The van der Waals surface area contributed by atoms with Crippen molar-refractivity contribution in [2.24, 2.45) is 0 Å². The molecule has 0 radical (unpaired) electrons. The molecule has 1 aromatic rings. The van der Waals surface area contributed by atoms with E-state index in [1.54, 1.807) is 0 Å². The number of benzene rings is 1. The van der Waals surface area contributed by atoms with Crippen LogP contribution in [0.1, 0.15) is 44.4 Å². The first-order valence-corrected chi connectivity index (χ1v) is 6.37. The third-order valence-corrected chi connectivity index (χ3v) is 2.95. The predicted molar refractivity (Wildman–Crippen MR) is 68.8 cm³/mol. The summed E-state index contributed by atoms with van der Waals surface area (Å²) in [6.07, 6.45) is -4.46. The molecule has 0 heterocycles. The Morgan fingerprint density at radius 3 is 2.05 bits per heavy atom. The second-order valence-electron chi connectivity index (χ2n) is 4.90. The summed E-state index contributed by atoms with van der Waals surface area (Å²) in [6, 6.07) is 4.70. The molecular formula is C14H20F3NO. The lowest BCUT2D eigenvalue weighted by atomic mass is 9.98. The van der Waals surface area contributed by atoms with E-state index in [2.05, 4.69) is 5.32 Å². The van der Waals surface area contributed by atoms with Gasteiger partial charge in [-0.1, -0.05) is 32.9 Å². The summed E-state index contributed by atoms with van der Waals surface area (Å²) in [5, 5.41) is 13.4. The van der Waals surface area contributed by atoms with Gasteiger partial charge in [-0.15, -0.1) is 0 Å². The number of halogens is 3. The summed E-state index contributed by atoms with van der Waals surface area (Å²) in [4.78, 5) is 0. The fourth-order valence-electron chi connectivity index (χ4n) is 1.96. The van der Waals surface area contributed by atoms with Gasteiger partial charge in [0.25, 0.3) is 0 Å². The van der Waals surface area contributed by atoms with E-state index in [0.29, 0.717) is 12.0 Å². The van der Waals surface area contributed by atoms with E-state index < -0.39 is 17.8 Å². The molecule has 1 rings (SSSR count). The van der Waals surface area contributed by atoms with Crippen LogP contribution in [0.4, 0.5) is 13.2 Å². The Morgan fingerprint density at radius 1 is 1.16 bits per heavy atom. The molecule has 0 saturated carbocycles. The van der Waals surface area contributed by atoms with E-state index in [1.807, 2.05) is 20.8 Å². The zero-order valence-electron chi connectivity index (χ0n) is 11.3. The highest BCUT2D eigenvalue weighted by molar-refractivity contribution is 5.26. The van der Waals surface area contributed by atoms with E-state index in [-0.39, 0.29) is 12.1 Å². The smallest absolute Gasteiger partial charge is 0.387 e. The number of nitrogens with one attached hydrogen (secondary N) is 1. The quantitative estimate of drug-likeness (QED) is 0.861. The lowest BCUT2D eigenvalue weighted by Gasteiger charge is -2.25. The average molecular weight is 275 g/mol.